The van der Waals surface area contributed by atoms with Crippen LogP contribution < -0.4 is 5.32 Å². The van der Waals surface area contributed by atoms with Crippen molar-refractivity contribution in [3.63, 3.8) is 0 Å². The Hall–Kier alpha value is -0.820. The van der Waals surface area contributed by atoms with E-state index in [1.807, 2.05) is 6.92 Å². The Morgan fingerprint density at radius 2 is 1.92 bits per heavy atom. The minimum Gasteiger partial charge on any atom is -0.356 e. The molecule has 1 aliphatic heterocycles. The van der Waals surface area contributed by atoms with Gasteiger partial charge in [-0.25, -0.2) is 8.42 Å². The molecule has 1 aliphatic rings. The van der Waals surface area contributed by atoms with Crippen LogP contribution in [0.1, 0.15) is 39.5 Å². The minimum absolute atomic E-state index is 0.0859. The summed E-state index contributed by atoms with van der Waals surface area (Å²) >= 11 is 12.2. The van der Waals surface area contributed by atoms with Crippen LogP contribution in [0.4, 0.5) is 0 Å². The number of piperidine rings is 1. The predicted octanol–water partition coefficient (Wildman–Crippen LogP) is 3.70. The predicted molar refractivity (Wildman–Crippen MR) is 100 cm³/mol. The van der Waals surface area contributed by atoms with Gasteiger partial charge >= 0.3 is 0 Å². The lowest BCUT2D eigenvalue weighted by atomic mass is 9.94. The van der Waals surface area contributed by atoms with E-state index < -0.39 is 10.0 Å². The van der Waals surface area contributed by atoms with Gasteiger partial charge in [-0.15, -0.1) is 0 Å². The maximum Gasteiger partial charge on any atom is 0.246 e. The van der Waals surface area contributed by atoms with Crippen molar-refractivity contribution in [3.8, 4) is 0 Å². The molecule has 1 fully saturated rings. The van der Waals surface area contributed by atoms with Crippen LogP contribution in [-0.4, -0.2) is 37.8 Å². The van der Waals surface area contributed by atoms with Crippen molar-refractivity contribution in [2.45, 2.75) is 50.5 Å². The summed E-state index contributed by atoms with van der Waals surface area (Å²) in [4.78, 5) is 12.3. The topological polar surface area (TPSA) is 66.5 Å². The second-order valence-corrected chi connectivity index (χ2v) is 9.04. The standard InChI is InChI=1S/C17H24Cl2N2O3S/c1-3-4-10-20-17(22)13-9-8-12(2)21(11-13)25(23,24)16-14(18)6-5-7-15(16)19/h5-7,12-13H,3-4,8-11H2,1-2H3,(H,20,22). The summed E-state index contributed by atoms with van der Waals surface area (Å²) in [6, 6.07) is 4.40. The molecule has 0 aromatic heterocycles. The van der Waals surface area contributed by atoms with E-state index >= 15 is 0 Å². The number of halogens is 2. The zero-order chi connectivity index (χ0) is 18.6. The van der Waals surface area contributed by atoms with Crippen molar-refractivity contribution in [3.05, 3.63) is 28.2 Å². The highest BCUT2D eigenvalue weighted by Crippen LogP contribution is 2.35. The molecule has 0 saturated carbocycles. The fraction of sp³-hybridized carbons (Fsp3) is 0.588. The maximum absolute atomic E-state index is 13.1. The van der Waals surface area contributed by atoms with Gasteiger partial charge in [0.05, 0.1) is 16.0 Å². The van der Waals surface area contributed by atoms with E-state index in [0.29, 0.717) is 19.4 Å². The zero-order valence-electron chi connectivity index (χ0n) is 14.5. The van der Waals surface area contributed by atoms with Crippen molar-refractivity contribution >= 4 is 39.1 Å². The van der Waals surface area contributed by atoms with E-state index in [1.165, 1.54) is 16.4 Å². The lowest BCUT2D eigenvalue weighted by Crippen LogP contribution is -2.49. The van der Waals surface area contributed by atoms with Crippen LogP contribution in [-0.2, 0) is 14.8 Å². The largest absolute Gasteiger partial charge is 0.356 e. The van der Waals surface area contributed by atoms with Crippen molar-refractivity contribution in [1.29, 1.82) is 0 Å². The first-order valence-corrected chi connectivity index (χ1v) is 10.7. The molecule has 1 aromatic rings. The summed E-state index contributed by atoms with van der Waals surface area (Å²) in [6.45, 7) is 4.65. The highest BCUT2D eigenvalue weighted by molar-refractivity contribution is 7.89. The molecule has 2 atom stereocenters. The molecule has 1 amide bonds. The summed E-state index contributed by atoms with van der Waals surface area (Å²) in [6.07, 6.45) is 3.19. The Kier molecular flexibility index (Phi) is 7.14. The van der Waals surface area contributed by atoms with Crippen molar-refractivity contribution < 1.29 is 13.2 Å². The number of rotatable bonds is 6. The number of nitrogens with zero attached hydrogens (tertiary/aromatic N) is 1. The van der Waals surface area contributed by atoms with E-state index in [4.69, 9.17) is 23.2 Å². The third kappa shape index (κ3) is 4.67. The molecule has 0 aliphatic carbocycles. The molecule has 140 valence electrons. The van der Waals surface area contributed by atoms with E-state index in [9.17, 15) is 13.2 Å². The number of benzene rings is 1. The van der Waals surface area contributed by atoms with Gasteiger partial charge in [-0.3, -0.25) is 4.79 Å². The van der Waals surface area contributed by atoms with Gasteiger partial charge in [0.1, 0.15) is 4.90 Å². The molecule has 1 N–H and O–H groups in total. The minimum atomic E-state index is -3.87. The fourth-order valence-electron chi connectivity index (χ4n) is 3.00. The Morgan fingerprint density at radius 1 is 1.28 bits per heavy atom. The highest BCUT2D eigenvalue weighted by atomic mass is 35.5. The Bertz CT molecular complexity index is 704. The Balaban J connectivity index is 2.23. The molecule has 0 bridgehead atoms. The molecule has 8 heteroatoms. The van der Waals surface area contributed by atoms with Crippen LogP contribution >= 0.6 is 23.2 Å². The number of carbonyl (C=O) groups is 1. The molecule has 1 saturated heterocycles. The molecule has 1 aromatic carbocycles. The van der Waals surface area contributed by atoms with Gasteiger partial charge in [0, 0.05) is 19.1 Å². The molecule has 0 spiro atoms. The number of carbonyl (C=O) groups excluding carboxylic acids is 1. The van der Waals surface area contributed by atoms with Crippen LogP contribution in [0.5, 0.6) is 0 Å². The fourth-order valence-corrected chi connectivity index (χ4v) is 5.80. The third-order valence-electron chi connectivity index (χ3n) is 4.51. The summed E-state index contributed by atoms with van der Waals surface area (Å²) < 4.78 is 27.5. The van der Waals surface area contributed by atoms with Gasteiger partial charge in [0.15, 0.2) is 0 Å². The lowest BCUT2D eigenvalue weighted by molar-refractivity contribution is -0.126. The lowest BCUT2D eigenvalue weighted by Gasteiger charge is -2.36. The maximum atomic E-state index is 13.1. The van der Waals surface area contributed by atoms with Crippen molar-refractivity contribution in [2.75, 3.05) is 13.1 Å². The second kappa shape index (κ2) is 8.71. The molecular formula is C17H24Cl2N2O3S. The Morgan fingerprint density at radius 3 is 2.52 bits per heavy atom. The van der Waals surface area contributed by atoms with Gasteiger partial charge in [0.2, 0.25) is 15.9 Å². The SMILES string of the molecule is CCCCNC(=O)C1CCC(C)N(S(=O)(=O)c2c(Cl)cccc2Cl)C1. The number of hydrogen-bond donors (Lipinski definition) is 1. The number of hydrogen-bond acceptors (Lipinski definition) is 3. The van der Waals surface area contributed by atoms with E-state index in [0.717, 1.165) is 12.8 Å². The van der Waals surface area contributed by atoms with Crippen LogP contribution in [0.3, 0.4) is 0 Å². The monoisotopic (exact) mass is 406 g/mol. The number of sulfonamides is 1. The van der Waals surface area contributed by atoms with Gasteiger partial charge in [-0.1, -0.05) is 42.6 Å². The van der Waals surface area contributed by atoms with Gasteiger partial charge < -0.3 is 5.32 Å². The molecular weight excluding hydrogens is 383 g/mol. The highest BCUT2D eigenvalue weighted by Gasteiger charge is 2.39. The molecule has 2 rings (SSSR count). The van der Waals surface area contributed by atoms with Crippen LogP contribution in [0.25, 0.3) is 0 Å². The van der Waals surface area contributed by atoms with E-state index in [-0.39, 0.29) is 39.4 Å². The molecule has 25 heavy (non-hydrogen) atoms. The van der Waals surface area contributed by atoms with Crippen LogP contribution in [0.2, 0.25) is 10.0 Å². The van der Waals surface area contributed by atoms with E-state index in [1.54, 1.807) is 6.07 Å². The van der Waals surface area contributed by atoms with Crippen LogP contribution in [0, 0.1) is 5.92 Å². The van der Waals surface area contributed by atoms with Crippen molar-refractivity contribution in [1.82, 2.24) is 9.62 Å². The summed E-state index contributed by atoms with van der Waals surface area (Å²) in [7, 11) is -3.87. The first kappa shape index (κ1) is 20.5. The smallest absolute Gasteiger partial charge is 0.246 e. The second-order valence-electron chi connectivity index (χ2n) is 6.39. The molecule has 1 heterocycles. The van der Waals surface area contributed by atoms with E-state index in [2.05, 4.69) is 12.2 Å². The van der Waals surface area contributed by atoms with Crippen molar-refractivity contribution in [2.24, 2.45) is 5.92 Å². The first-order valence-electron chi connectivity index (χ1n) is 8.52. The quantitative estimate of drug-likeness (QED) is 0.732. The molecule has 0 radical (unpaired) electrons. The molecule has 5 nitrogen and oxygen atoms in total. The third-order valence-corrected chi connectivity index (χ3v) is 7.45. The zero-order valence-corrected chi connectivity index (χ0v) is 16.8. The van der Waals surface area contributed by atoms with Gasteiger partial charge in [0.25, 0.3) is 0 Å². The summed E-state index contributed by atoms with van der Waals surface area (Å²) in [5.41, 5.74) is 0. The number of nitrogens with one attached hydrogen (secondary N) is 1. The van der Waals surface area contributed by atoms with Gasteiger partial charge in [-0.2, -0.15) is 4.31 Å². The summed E-state index contributed by atoms with van der Waals surface area (Å²) in [5, 5.41) is 3.07. The van der Waals surface area contributed by atoms with Crippen LogP contribution in [0.15, 0.2) is 23.1 Å². The number of amides is 1. The number of unbranched alkanes of at least 4 members (excludes halogenated alkanes) is 1. The van der Waals surface area contributed by atoms with Gasteiger partial charge in [-0.05, 0) is 38.3 Å². The molecule has 2 unspecified atom stereocenters. The first-order chi connectivity index (χ1) is 11.8. The normalized spacial score (nSPS) is 21.9. The average Bonchev–Trinajstić information content (AvgIpc) is 2.54. The average molecular weight is 407 g/mol. The Labute approximate surface area is 159 Å². The summed E-state index contributed by atoms with van der Waals surface area (Å²) in [5.74, 6) is -0.449.